The van der Waals surface area contributed by atoms with Gasteiger partial charge in [-0.1, -0.05) is 37.3 Å². The number of nitrogens with zero attached hydrogens (tertiary/aromatic N) is 3. The fraction of sp³-hybridized carbons (Fsp3) is 0.417. The Balaban J connectivity index is 1.25. The van der Waals surface area contributed by atoms with E-state index in [2.05, 4.69) is 45.8 Å². The van der Waals surface area contributed by atoms with E-state index in [9.17, 15) is 9.90 Å². The third-order valence-electron chi connectivity index (χ3n) is 6.08. The number of hydrogen-bond acceptors (Lipinski definition) is 5. The molecule has 4 rings (SSSR count). The zero-order chi connectivity index (χ0) is 21.0. The van der Waals surface area contributed by atoms with Crippen LogP contribution in [0, 0.1) is 0 Å². The maximum Gasteiger partial charge on any atom is 0.223 e. The van der Waals surface area contributed by atoms with E-state index >= 15 is 0 Å². The summed E-state index contributed by atoms with van der Waals surface area (Å²) in [6.07, 6.45) is 5.75. The number of β-amino-alcohol motifs (C(OH)–C–C–N with tert-alkyl or cyclic N) is 1. The summed E-state index contributed by atoms with van der Waals surface area (Å²) in [5, 5.41) is 15.2. The summed E-state index contributed by atoms with van der Waals surface area (Å²) < 4.78 is 0. The van der Waals surface area contributed by atoms with Crippen molar-refractivity contribution in [1.29, 1.82) is 0 Å². The van der Waals surface area contributed by atoms with Gasteiger partial charge in [0.15, 0.2) is 0 Å². The number of carbonyl (C=O) groups excluding carboxylic acids is 1. The minimum atomic E-state index is -0.776. The summed E-state index contributed by atoms with van der Waals surface area (Å²) in [5.41, 5.74) is 2.55. The molecule has 0 radical (unpaired) electrons. The van der Waals surface area contributed by atoms with Gasteiger partial charge in [-0.3, -0.25) is 9.79 Å². The standard InChI is InChI=1S/C24H29N3O2S/c1-19(20-5-3-2-4-6-20)15-23(28)27-12-9-24(29,10-13-27)17-26-11-7-22(25-18-26)21-8-14-30-16-21/h2-8,11,14,16,19,29H,9-10,12-13,15,17-18H2,1H3. The largest absolute Gasteiger partial charge is 0.388 e. The molecule has 6 heteroatoms. The van der Waals surface area contributed by atoms with Crippen molar-refractivity contribution in [2.45, 2.75) is 37.7 Å². The predicted octanol–water partition coefficient (Wildman–Crippen LogP) is 3.87. The summed E-state index contributed by atoms with van der Waals surface area (Å²) in [7, 11) is 0. The van der Waals surface area contributed by atoms with Gasteiger partial charge < -0.3 is 14.9 Å². The molecule has 1 fully saturated rings. The number of likely N-dealkylation sites (tertiary alicyclic amines) is 1. The van der Waals surface area contributed by atoms with Crippen molar-refractivity contribution in [3.8, 4) is 0 Å². The van der Waals surface area contributed by atoms with Gasteiger partial charge in [-0.25, -0.2) is 0 Å². The van der Waals surface area contributed by atoms with Crippen molar-refractivity contribution in [2.75, 3.05) is 26.3 Å². The van der Waals surface area contributed by atoms with Gasteiger partial charge >= 0.3 is 0 Å². The van der Waals surface area contributed by atoms with Crippen LogP contribution in [0.4, 0.5) is 0 Å². The summed E-state index contributed by atoms with van der Waals surface area (Å²) in [6.45, 7) is 4.42. The number of hydrogen-bond donors (Lipinski definition) is 1. The number of benzene rings is 1. The second-order valence-corrected chi connectivity index (χ2v) is 9.16. The van der Waals surface area contributed by atoms with Crippen molar-refractivity contribution in [1.82, 2.24) is 9.80 Å². The third-order valence-corrected chi connectivity index (χ3v) is 6.76. The zero-order valence-corrected chi connectivity index (χ0v) is 18.2. The van der Waals surface area contributed by atoms with Crippen LogP contribution in [0.5, 0.6) is 0 Å². The topological polar surface area (TPSA) is 56.1 Å². The average molecular weight is 424 g/mol. The number of carbonyl (C=O) groups is 1. The molecular formula is C24H29N3O2S. The van der Waals surface area contributed by atoms with E-state index < -0.39 is 5.60 Å². The number of thiophene rings is 1. The van der Waals surface area contributed by atoms with Gasteiger partial charge in [-0.15, -0.1) is 0 Å². The Hall–Kier alpha value is -2.44. The van der Waals surface area contributed by atoms with Crippen LogP contribution in [0.15, 0.2) is 64.4 Å². The van der Waals surface area contributed by atoms with Gasteiger partial charge in [-0.2, -0.15) is 11.3 Å². The molecule has 0 saturated carbocycles. The number of rotatable bonds is 6. The van der Waals surface area contributed by atoms with E-state index in [0.29, 0.717) is 45.6 Å². The van der Waals surface area contributed by atoms with Crippen LogP contribution < -0.4 is 0 Å². The second kappa shape index (κ2) is 9.14. The van der Waals surface area contributed by atoms with Crippen molar-refractivity contribution >= 4 is 23.0 Å². The molecule has 0 aliphatic carbocycles. The lowest BCUT2D eigenvalue weighted by molar-refractivity contribution is -0.136. The van der Waals surface area contributed by atoms with Crippen LogP contribution in [0.2, 0.25) is 0 Å². The molecule has 1 aromatic carbocycles. The summed E-state index contributed by atoms with van der Waals surface area (Å²) in [4.78, 5) is 21.3. The first-order chi connectivity index (χ1) is 14.5. The van der Waals surface area contributed by atoms with Gasteiger partial charge in [0.05, 0.1) is 11.3 Å². The van der Waals surface area contributed by atoms with Crippen LogP contribution in [-0.2, 0) is 4.79 Å². The minimum Gasteiger partial charge on any atom is -0.388 e. The molecule has 2 aliphatic heterocycles. The van der Waals surface area contributed by atoms with Crippen molar-refractivity contribution in [2.24, 2.45) is 4.99 Å². The van der Waals surface area contributed by atoms with Crippen LogP contribution in [0.1, 0.15) is 43.2 Å². The minimum absolute atomic E-state index is 0.177. The number of aliphatic hydroxyl groups is 1. The highest BCUT2D eigenvalue weighted by atomic mass is 32.1. The SMILES string of the molecule is CC(CC(=O)N1CCC(O)(CN2C=CC(c3ccsc3)=NC2)CC1)c1ccccc1. The molecule has 2 aliphatic rings. The molecule has 2 aromatic rings. The fourth-order valence-corrected chi connectivity index (χ4v) is 4.79. The van der Waals surface area contributed by atoms with Crippen molar-refractivity contribution in [3.63, 3.8) is 0 Å². The molecule has 5 nitrogen and oxygen atoms in total. The van der Waals surface area contributed by atoms with Crippen molar-refractivity contribution < 1.29 is 9.90 Å². The lowest BCUT2D eigenvalue weighted by Crippen LogP contribution is -2.51. The van der Waals surface area contributed by atoms with Crippen LogP contribution in [0.3, 0.4) is 0 Å². The highest BCUT2D eigenvalue weighted by Crippen LogP contribution is 2.27. The Labute approximate surface area is 182 Å². The monoisotopic (exact) mass is 423 g/mol. The maximum absolute atomic E-state index is 12.7. The van der Waals surface area contributed by atoms with Crippen LogP contribution >= 0.6 is 11.3 Å². The zero-order valence-electron chi connectivity index (χ0n) is 17.4. The first kappa shape index (κ1) is 20.8. The molecule has 1 saturated heterocycles. The molecule has 158 valence electrons. The molecule has 1 amide bonds. The van der Waals surface area contributed by atoms with Gasteiger partial charge in [0.1, 0.15) is 6.67 Å². The fourth-order valence-electron chi connectivity index (χ4n) is 4.14. The quantitative estimate of drug-likeness (QED) is 0.767. The normalized spacial score (nSPS) is 19.5. The van der Waals surface area contributed by atoms with Crippen LogP contribution in [-0.4, -0.2) is 58.4 Å². The van der Waals surface area contributed by atoms with Gasteiger partial charge in [-0.05, 0) is 41.8 Å². The van der Waals surface area contributed by atoms with Gasteiger partial charge in [0, 0.05) is 43.2 Å². The summed E-state index contributed by atoms with van der Waals surface area (Å²) in [6, 6.07) is 12.2. The molecule has 1 aromatic heterocycles. The smallest absolute Gasteiger partial charge is 0.223 e. The number of piperidine rings is 1. The van der Waals surface area contributed by atoms with E-state index in [0.717, 1.165) is 11.3 Å². The molecule has 0 bridgehead atoms. The second-order valence-electron chi connectivity index (χ2n) is 8.38. The first-order valence-electron chi connectivity index (χ1n) is 10.6. The van der Waals surface area contributed by atoms with E-state index in [-0.39, 0.29) is 11.8 Å². The first-order valence-corrected chi connectivity index (χ1v) is 11.5. The Kier molecular flexibility index (Phi) is 6.35. The van der Waals surface area contributed by atoms with E-state index in [1.165, 1.54) is 5.56 Å². The molecule has 0 spiro atoms. The number of aliphatic imine (C=N–C) groups is 1. The molecule has 1 unspecified atom stereocenters. The highest BCUT2D eigenvalue weighted by Gasteiger charge is 2.35. The molecule has 1 N–H and O–H groups in total. The summed E-state index contributed by atoms with van der Waals surface area (Å²) in [5.74, 6) is 0.379. The Morgan fingerprint density at radius 1 is 1.23 bits per heavy atom. The van der Waals surface area contributed by atoms with Crippen LogP contribution in [0.25, 0.3) is 0 Å². The Morgan fingerprint density at radius 3 is 2.63 bits per heavy atom. The Morgan fingerprint density at radius 2 is 2.00 bits per heavy atom. The van der Waals surface area contributed by atoms with Gasteiger partial charge in [0.25, 0.3) is 0 Å². The molecule has 30 heavy (non-hydrogen) atoms. The molecule has 1 atom stereocenters. The predicted molar refractivity (Wildman–Crippen MR) is 122 cm³/mol. The maximum atomic E-state index is 12.7. The highest BCUT2D eigenvalue weighted by molar-refractivity contribution is 7.08. The number of amides is 1. The summed E-state index contributed by atoms with van der Waals surface area (Å²) >= 11 is 1.67. The van der Waals surface area contributed by atoms with Gasteiger partial charge in [0.2, 0.25) is 5.91 Å². The van der Waals surface area contributed by atoms with E-state index in [1.54, 1.807) is 11.3 Å². The number of allylic oxidation sites excluding steroid dienone is 1. The van der Waals surface area contributed by atoms with E-state index in [1.807, 2.05) is 35.4 Å². The van der Waals surface area contributed by atoms with E-state index in [4.69, 9.17) is 0 Å². The third kappa shape index (κ3) is 4.99. The average Bonchev–Trinajstić information content (AvgIpc) is 3.30. The molecular weight excluding hydrogens is 394 g/mol. The van der Waals surface area contributed by atoms with Crippen molar-refractivity contribution in [3.05, 3.63) is 70.6 Å². The Bertz CT molecular complexity index is 900. The lowest BCUT2D eigenvalue weighted by atomic mass is 9.90. The lowest BCUT2D eigenvalue weighted by Gasteiger charge is -2.41. The molecule has 3 heterocycles.